The Hall–Kier alpha value is -1.06. The lowest BCUT2D eigenvalue weighted by Gasteiger charge is -1.89. The molecule has 0 aliphatic heterocycles. The van der Waals surface area contributed by atoms with Gasteiger partial charge in [0, 0.05) is 0 Å². The van der Waals surface area contributed by atoms with Gasteiger partial charge >= 0.3 is 0 Å². The number of carbonyl (C=O) groups is 1. The van der Waals surface area contributed by atoms with Crippen molar-refractivity contribution in [2.24, 2.45) is 0 Å². The molecule has 2 rings (SSSR count). The van der Waals surface area contributed by atoms with E-state index < -0.39 is 0 Å². The molecule has 2 heterocycles. The molecule has 0 fully saturated rings. The Bertz CT molecular complexity index is 437. The monoisotopic (exact) mass is 226 g/mol. The predicted molar refractivity (Wildman–Crippen MR) is 56.2 cm³/mol. The van der Waals surface area contributed by atoms with E-state index in [1.807, 2.05) is 6.92 Å². The molecule has 0 saturated carbocycles. The highest BCUT2D eigenvalue weighted by atomic mass is 35.5. The average molecular weight is 227 g/mol. The summed E-state index contributed by atoms with van der Waals surface area (Å²) >= 11 is 7.15. The number of aryl methyl sites for hydroxylation is 1. The van der Waals surface area contributed by atoms with Crippen LogP contribution in [0.25, 0.3) is 0 Å². The Kier molecular flexibility index (Phi) is 2.44. The van der Waals surface area contributed by atoms with Gasteiger partial charge in [-0.25, -0.2) is 0 Å². The number of furan rings is 1. The van der Waals surface area contributed by atoms with Crippen molar-refractivity contribution >= 4 is 28.7 Å². The first-order chi connectivity index (χ1) is 6.68. The van der Waals surface area contributed by atoms with Crippen molar-refractivity contribution < 1.29 is 9.21 Å². The zero-order valence-electron chi connectivity index (χ0n) is 7.41. The molecular weight excluding hydrogens is 220 g/mol. The molecule has 0 aliphatic rings. The van der Waals surface area contributed by atoms with Crippen molar-refractivity contribution in [2.45, 2.75) is 6.92 Å². The van der Waals surface area contributed by atoms with Crippen molar-refractivity contribution in [2.75, 3.05) is 0 Å². The maximum atomic E-state index is 11.7. The second kappa shape index (κ2) is 3.59. The maximum absolute atomic E-state index is 11.7. The first kappa shape index (κ1) is 9.49. The van der Waals surface area contributed by atoms with Crippen LogP contribution >= 0.6 is 22.9 Å². The Labute approximate surface area is 90.1 Å². The number of carbonyl (C=O) groups excluding carboxylic acids is 1. The van der Waals surface area contributed by atoms with Gasteiger partial charge in [-0.1, -0.05) is 11.6 Å². The Morgan fingerprint density at radius 1 is 1.57 bits per heavy atom. The predicted octanol–water partition coefficient (Wildman–Crippen LogP) is 3.53. The van der Waals surface area contributed by atoms with Gasteiger partial charge in [-0.2, -0.15) is 0 Å². The minimum atomic E-state index is -0.116. The van der Waals surface area contributed by atoms with E-state index in [4.69, 9.17) is 16.0 Å². The summed E-state index contributed by atoms with van der Waals surface area (Å²) in [6, 6.07) is 5.11. The van der Waals surface area contributed by atoms with Crippen molar-refractivity contribution in [3.05, 3.63) is 45.0 Å². The van der Waals surface area contributed by atoms with Crippen LogP contribution < -0.4 is 0 Å². The van der Waals surface area contributed by atoms with Gasteiger partial charge in [0.25, 0.3) is 0 Å². The first-order valence-electron chi connectivity index (χ1n) is 4.02. The zero-order valence-corrected chi connectivity index (χ0v) is 8.98. The Morgan fingerprint density at radius 2 is 2.36 bits per heavy atom. The minimum absolute atomic E-state index is 0.116. The summed E-state index contributed by atoms with van der Waals surface area (Å²) in [5, 5.41) is 0. The van der Waals surface area contributed by atoms with Crippen LogP contribution in [0, 0.1) is 6.92 Å². The summed E-state index contributed by atoms with van der Waals surface area (Å²) in [4.78, 5) is 12.3. The lowest BCUT2D eigenvalue weighted by Crippen LogP contribution is -1.95. The SMILES string of the molecule is Cc1cc(C(=O)c2ccco2)sc1Cl. The fourth-order valence-electron chi connectivity index (χ4n) is 1.10. The molecule has 0 unspecified atom stereocenters. The smallest absolute Gasteiger partial charge is 0.238 e. The average Bonchev–Trinajstić information content (AvgIpc) is 2.76. The van der Waals surface area contributed by atoms with Gasteiger partial charge in [0.15, 0.2) is 5.76 Å². The van der Waals surface area contributed by atoms with E-state index in [1.54, 1.807) is 18.2 Å². The topological polar surface area (TPSA) is 30.2 Å². The van der Waals surface area contributed by atoms with Crippen molar-refractivity contribution in [1.82, 2.24) is 0 Å². The van der Waals surface area contributed by atoms with E-state index in [0.29, 0.717) is 15.0 Å². The maximum Gasteiger partial charge on any atom is 0.238 e. The van der Waals surface area contributed by atoms with Gasteiger partial charge in [-0.15, -0.1) is 11.3 Å². The quantitative estimate of drug-likeness (QED) is 0.734. The molecule has 0 saturated heterocycles. The third-order valence-corrected chi connectivity index (χ3v) is 3.38. The molecule has 72 valence electrons. The molecule has 2 aromatic rings. The third kappa shape index (κ3) is 1.61. The molecule has 0 spiro atoms. The molecule has 0 bridgehead atoms. The molecule has 4 heteroatoms. The number of hydrogen-bond acceptors (Lipinski definition) is 3. The van der Waals surface area contributed by atoms with Crippen LogP contribution in [-0.2, 0) is 0 Å². The minimum Gasteiger partial charge on any atom is -0.461 e. The lowest BCUT2D eigenvalue weighted by atomic mass is 10.2. The summed E-state index contributed by atoms with van der Waals surface area (Å²) in [6.07, 6.45) is 1.48. The largest absolute Gasteiger partial charge is 0.461 e. The van der Waals surface area contributed by atoms with E-state index in [1.165, 1.54) is 17.6 Å². The summed E-state index contributed by atoms with van der Waals surface area (Å²) < 4.78 is 5.67. The zero-order chi connectivity index (χ0) is 10.1. The van der Waals surface area contributed by atoms with E-state index in [0.717, 1.165) is 5.56 Å². The second-order valence-corrected chi connectivity index (χ2v) is 4.53. The molecule has 0 atom stereocenters. The number of thiophene rings is 1. The molecule has 0 aliphatic carbocycles. The summed E-state index contributed by atoms with van der Waals surface area (Å²) in [6.45, 7) is 1.87. The summed E-state index contributed by atoms with van der Waals surface area (Å²) in [5.41, 5.74) is 0.923. The van der Waals surface area contributed by atoms with Gasteiger partial charge < -0.3 is 4.42 Å². The van der Waals surface area contributed by atoms with E-state index >= 15 is 0 Å². The molecule has 2 nitrogen and oxygen atoms in total. The van der Waals surface area contributed by atoms with Crippen LogP contribution in [0.15, 0.2) is 28.9 Å². The third-order valence-electron chi connectivity index (χ3n) is 1.83. The van der Waals surface area contributed by atoms with Crippen molar-refractivity contribution in [1.29, 1.82) is 0 Å². The highest BCUT2D eigenvalue weighted by Crippen LogP contribution is 2.28. The second-order valence-electron chi connectivity index (χ2n) is 2.87. The van der Waals surface area contributed by atoms with Crippen LogP contribution in [0.1, 0.15) is 21.0 Å². The Morgan fingerprint density at radius 3 is 2.86 bits per heavy atom. The standard InChI is InChI=1S/C10H7ClO2S/c1-6-5-8(14-10(6)11)9(12)7-3-2-4-13-7/h2-5H,1H3. The fraction of sp³-hybridized carbons (Fsp3) is 0.100. The molecule has 0 aromatic carbocycles. The van der Waals surface area contributed by atoms with Crippen LogP contribution in [0.2, 0.25) is 4.34 Å². The van der Waals surface area contributed by atoms with Crippen LogP contribution in [0.3, 0.4) is 0 Å². The summed E-state index contributed by atoms with van der Waals surface area (Å²) in [5.74, 6) is 0.234. The number of ketones is 1. The van der Waals surface area contributed by atoms with Gasteiger partial charge in [-0.3, -0.25) is 4.79 Å². The highest BCUT2D eigenvalue weighted by molar-refractivity contribution is 7.18. The van der Waals surface area contributed by atoms with Crippen LogP contribution in [-0.4, -0.2) is 5.78 Å². The van der Waals surface area contributed by atoms with Crippen molar-refractivity contribution in [3.63, 3.8) is 0 Å². The number of hydrogen-bond donors (Lipinski definition) is 0. The normalized spacial score (nSPS) is 10.4. The van der Waals surface area contributed by atoms with Gasteiger partial charge in [0.2, 0.25) is 5.78 Å². The number of halogens is 1. The van der Waals surface area contributed by atoms with E-state index in [-0.39, 0.29) is 5.78 Å². The van der Waals surface area contributed by atoms with Crippen LogP contribution in [0.5, 0.6) is 0 Å². The molecule has 0 amide bonds. The van der Waals surface area contributed by atoms with E-state index in [2.05, 4.69) is 0 Å². The molecule has 2 aromatic heterocycles. The first-order valence-corrected chi connectivity index (χ1v) is 5.22. The van der Waals surface area contributed by atoms with E-state index in [9.17, 15) is 4.79 Å². The van der Waals surface area contributed by atoms with Gasteiger partial charge in [0.1, 0.15) is 0 Å². The van der Waals surface area contributed by atoms with Crippen molar-refractivity contribution in [3.8, 4) is 0 Å². The van der Waals surface area contributed by atoms with Gasteiger partial charge in [-0.05, 0) is 30.7 Å². The molecule has 0 radical (unpaired) electrons. The highest BCUT2D eigenvalue weighted by Gasteiger charge is 2.15. The van der Waals surface area contributed by atoms with Crippen LogP contribution in [0.4, 0.5) is 0 Å². The Balaban J connectivity index is 2.37. The molecular formula is C10H7ClO2S. The fourth-order valence-corrected chi connectivity index (χ4v) is 2.25. The molecule has 0 N–H and O–H groups in total. The lowest BCUT2D eigenvalue weighted by molar-refractivity contribution is 0.101. The summed E-state index contributed by atoms with van der Waals surface area (Å²) in [7, 11) is 0. The van der Waals surface area contributed by atoms with Gasteiger partial charge in [0.05, 0.1) is 15.5 Å². The number of rotatable bonds is 2. The molecule has 14 heavy (non-hydrogen) atoms.